The van der Waals surface area contributed by atoms with Gasteiger partial charge in [0.1, 0.15) is 0 Å². The van der Waals surface area contributed by atoms with Gasteiger partial charge in [-0.05, 0) is 66.2 Å². The molecule has 8 heteroatoms. The van der Waals surface area contributed by atoms with E-state index in [1.165, 1.54) is 0 Å². The van der Waals surface area contributed by atoms with Gasteiger partial charge in [0.15, 0.2) is 16.6 Å². The van der Waals surface area contributed by atoms with Crippen LogP contribution >= 0.6 is 23.8 Å². The maximum atomic E-state index is 12.7. The van der Waals surface area contributed by atoms with Crippen LogP contribution in [0.1, 0.15) is 27.5 Å². The highest BCUT2D eigenvalue weighted by atomic mass is 35.5. The average molecular weight is 460 g/mol. The van der Waals surface area contributed by atoms with Crippen LogP contribution in [0.4, 0.5) is 0 Å². The van der Waals surface area contributed by atoms with Crippen LogP contribution in [-0.2, 0) is 6.42 Å². The highest BCUT2D eigenvalue weighted by molar-refractivity contribution is 7.80. The number of fused-ring (bicyclic) bond motifs is 1. The molecule has 0 aliphatic carbocycles. The molecule has 0 bridgehead atoms. The molecule has 0 radical (unpaired) electrons. The van der Waals surface area contributed by atoms with Crippen LogP contribution in [0.15, 0.2) is 49.1 Å². The van der Waals surface area contributed by atoms with E-state index in [-0.39, 0.29) is 11.9 Å². The van der Waals surface area contributed by atoms with Gasteiger partial charge in [-0.1, -0.05) is 17.7 Å². The second-order valence-electron chi connectivity index (χ2n) is 7.06. The molecule has 2 N–H and O–H groups in total. The lowest BCUT2D eigenvalue weighted by Gasteiger charge is -2.39. The lowest BCUT2D eigenvalue weighted by molar-refractivity contribution is 0.0942. The fraction of sp³-hybridized carbons (Fsp3) is 0.304. The number of nitrogens with zero attached hydrogens (tertiary/aromatic N) is 1. The van der Waals surface area contributed by atoms with Crippen molar-refractivity contribution in [2.45, 2.75) is 12.5 Å². The number of methoxy groups -OCH3 is 2. The zero-order valence-corrected chi connectivity index (χ0v) is 19.2. The van der Waals surface area contributed by atoms with Crippen LogP contribution in [0.5, 0.6) is 11.5 Å². The molecule has 31 heavy (non-hydrogen) atoms. The molecule has 0 saturated heterocycles. The molecule has 0 aromatic heterocycles. The summed E-state index contributed by atoms with van der Waals surface area (Å²) in [5.74, 6) is 1.15. The van der Waals surface area contributed by atoms with Gasteiger partial charge in [0.2, 0.25) is 0 Å². The number of nitrogens with one attached hydrogen (secondary N) is 2. The molecule has 2 aromatic rings. The molecule has 3 rings (SSSR count). The van der Waals surface area contributed by atoms with E-state index in [0.717, 1.165) is 17.5 Å². The van der Waals surface area contributed by atoms with Crippen molar-refractivity contribution in [2.24, 2.45) is 0 Å². The lowest BCUT2D eigenvalue weighted by Crippen LogP contribution is -2.49. The van der Waals surface area contributed by atoms with Gasteiger partial charge in [-0.25, -0.2) is 0 Å². The first-order valence-corrected chi connectivity index (χ1v) is 10.7. The SMILES string of the molecule is C=CCNC(=S)N1CCc2cc(OC)c(OC)cc2C1CNC(=O)c1ccc(Cl)cc1. The minimum absolute atomic E-state index is 0.162. The summed E-state index contributed by atoms with van der Waals surface area (Å²) in [6, 6.07) is 10.6. The Bertz CT molecular complexity index is 965. The number of carbonyl (C=O) groups is 1. The Labute approximate surface area is 193 Å². The standard InChI is InChI=1S/C23H26ClN3O3S/c1-4-10-25-23(31)27-11-9-16-12-20(29-2)21(30-3)13-18(16)19(27)14-26-22(28)15-5-7-17(24)8-6-15/h4-8,12-13,19H,1,9-11,14H2,2-3H3,(H,25,31)(H,26,28). The third kappa shape index (κ3) is 5.29. The van der Waals surface area contributed by atoms with Crippen molar-refractivity contribution < 1.29 is 14.3 Å². The monoisotopic (exact) mass is 459 g/mol. The largest absolute Gasteiger partial charge is 0.493 e. The first-order valence-electron chi connectivity index (χ1n) is 9.92. The Hall–Kier alpha value is -2.77. The van der Waals surface area contributed by atoms with Crippen LogP contribution in [-0.4, -0.2) is 49.8 Å². The van der Waals surface area contributed by atoms with Crippen LogP contribution in [0.3, 0.4) is 0 Å². The normalized spacial score (nSPS) is 14.9. The molecule has 1 aliphatic heterocycles. The highest BCUT2D eigenvalue weighted by Gasteiger charge is 2.31. The highest BCUT2D eigenvalue weighted by Crippen LogP contribution is 2.38. The molecular formula is C23H26ClN3O3S. The third-order valence-electron chi connectivity index (χ3n) is 5.22. The third-order valence-corrected chi connectivity index (χ3v) is 5.85. The smallest absolute Gasteiger partial charge is 0.251 e. The summed E-state index contributed by atoms with van der Waals surface area (Å²) in [6.45, 7) is 5.39. The van der Waals surface area contributed by atoms with E-state index in [4.69, 9.17) is 33.3 Å². The maximum absolute atomic E-state index is 12.7. The van der Waals surface area contributed by atoms with E-state index in [1.807, 2.05) is 12.1 Å². The van der Waals surface area contributed by atoms with Crippen LogP contribution in [0.2, 0.25) is 5.02 Å². The van der Waals surface area contributed by atoms with E-state index in [9.17, 15) is 4.79 Å². The number of hydrogen-bond donors (Lipinski definition) is 2. The summed E-state index contributed by atoms with van der Waals surface area (Å²) in [7, 11) is 3.23. The first kappa shape index (κ1) is 22.9. The molecule has 1 heterocycles. The fourth-order valence-electron chi connectivity index (χ4n) is 3.65. The van der Waals surface area contributed by atoms with Crippen molar-refractivity contribution in [1.82, 2.24) is 15.5 Å². The quantitative estimate of drug-likeness (QED) is 0.485. The number of rotatable bonds is 7. The summed E-state index contributed by atoms with van der Waals surface area (Å²) in [5.41, 5.74) is 2.74. The van der Waals surface area contributed by atoms with Gasteiger partial charge in [-0.15, -0.1) is 6.58 Å². The lowest BCUT2D eigenvalue weighted by atomic mass is 9.92. The zero-order valence-electron chi connectivity index (χ0n) is 17.6. The van der Waals surface area contributed by atoms with Crippen molar-refractivity contribution in [3.05, 3.63) is 70.8 Å². The van der Waals surface area contributed by atoms with Gasteiger partial charge in [-0.2, -0.15) is 0 Å². The summed E-state index contributed by atoms with van der Waals surface area (Å²) in [6.07, 6.45) is 2.56. The van der Waals surface area contributed by atoms with E-state index in [1.54, 1.807) is 44.6 Å². The van der Waals surface area contributed by atoms with Crippen LogP contribution in [0, 0.1) is 0 Å². The molecule has 1 amide bonds. The topological polar surface area (TPSA) is 62.8 Å². The van der Waals surface area contributed by atoms with E-state index in [2.05, 4.69) is 22.1 Å². The predicted molar refractivity (Wildman–Crippen MR) is 127 cm³/mol. The number of amides is 1. The summed E-state index contributed by atoms with van der Waals surface area (Å²) in [5, 5.41) is 7.43. The van der Waals surface area contributed by atoms with Gasteiger partial charge in [0.05, 0.1) is 20.3 Å². The van der Waals surface area contributed by atoms with E-state index in [0.29, 0.717) is 46.8 Å². The number of ether oxygens (including phenoxy) is 2. The summed E-state index contributed by atoms with van der Waals surface area (Å²) >= 11 is 11.6. The number of benzene rings is 2. The molecular weight excluding hydrogens is 434 g/mol. The predicted octanol–water partition coefficient (Wildman–Crippen LogP) is 3.75. The van der Waals surface area contributed by atoms with E-state index < -0.39 is 0 Å². The molecule has 164 valence electrons. The zero-order chi connectivity index (χ0) is 22.4. The molecule has 0 fully saturated rings. The maximum Gasteiger partial charge on any atom is 0.251 e. The molecule has 1 atom stereocenters. The second-order valence-corrected chi connectivity index (χ2v) is 7.88. The number of halogens is 1. The second kappa shape index (κ2) is 10.5. The number of carbonyl (C=O) groups excluding carboxylic acids is 1. The number of thiocarbonyl (C=S) groups is 1. The van der Waals surface area contributed by atoms with Crippen LogP contribution in [0.25, 0.3) is 0 Å². The van der Waals surface area contributed by atoms with Gasteiger partial charge in [-0.3, -0.25) is 4.79 Å². The van der Waals surface area contributed by atoms with Gasteiger partial charge >= 0.3 is 0 Å². The summed E-state index contributed by atoms with van der Waals surface area (Å²) < 4.78 is 11.0. The Balaban J connectivity index is 1.89. The van der Waals surface area contributed by atoms with Crippen molar-refractivity contribution in [2.75, 3.05) is 33.9 Å². The van der Waals surface area contributed by atoms with Gasteiger partial charge in [0, 0.05) is 30.2 Å². The van der Waals surface area contributed by atoms with Crippen LogP contribution < -0.4 is 20.1 Å². The van der Waals surface area contributed by atoms with Crippen molar-refractivity contribution >= 4 is 34.8 Å². The Morgan fingerprint density at radius 3 is 2.55 bits per heavy atom. The van der Waals surface area contributed by atoms with Crippen molar-refractivity contribution in [3.63, 3.8) is 0 Å². The molecule has 0 spiro atoms. The minimum atomic E-state index is -0.172. The minimum Gasteiger partial charge on any atom is -0.493 e. The number of hydrogen-bond acceptors (Lipinski definition) is 4. The Kier molecular flexibility index (Phi) is 7.76. The molecule has 2 aromatic carbocycles. The summed E-state index contributed by atoms with van der Waals surface area (Å²) in [4.78, 5) is 14.8. The molecule has 6 nitrogen and oxygen atoms in total. The van der Waals surface area contributed by atoms with Gasteiger partial charge < -0.3 is 25.0 Å². The Morgan fingerprint density at radius 1 is 1.23 bits per heavy atom. The van der Waals surface area contributed by atoms with Crippen molar-refractivity contribution in [3.8, 4) is 11.5 Å². The van der Waals surface area contributed by atoms with Crippen molar-refractivity contribution in [1.29, 1.82) is 0 Å². The fourth-order valence-corrected chi connectivity index (χ4v) is 4.07. The molecule has 1 unspecified atom stereocenters. The Morgan fingerprint density at radius 2 is 1.90 bits per heavy atom. The van der Waals surface area contributed by atoms with E-state index >= 15 is 0 Å². The molecule has 1 aliphatic rings. The van der Waals surface area contributed by atoms with Gasteiger partial charge in [0.25, 0.3) is 5.91 Å². The first-order chi connectivity index (χ1) is 15.0. The average Bonchev–Trinajstić information content (AvgIpc) is 2.79. The molecule has 0 saturated carbocycles.